The molecule has 3 rings (SSSR count). The number of nitrogens with two attached hydrogens (primary N) is 1. The van der Waals surface area contributed by atoms with Gasteiger partial charge >= 0.3 is 0 Å². The molecule has 0 aromatic heterocycles. The molecule has 1 amide bonds. The molecule has 1 fully saturated rings. The minimum Gasteiger partial charge on any atom is -0.483 e. The maximum Gasteiger partial charge on any atom is 0.227 e. The van der Waals surface area contributed by atoms with Gasteiger partial charge in [0.1, 0.15) is 11.4 Å². The Morgan fingerprint density at radius 1 is 1.45 bits per heavy atom. The van der Waals surface area contributed by atoms with Crippen LogP contribution >= 0.6 is 0 Å². The van der Waals surface area contributed by atoms with Crippen LogP contribution in [0.4, 0.5) is 0 Å². The number of rotatable bonds is 2. The van der Waals surface area contributed by atoms with Crippen molar-refractivity contribution in [3.05, 3.63) is 34.9 Å². The smallest absolute Gasteiger partial charge is 0.227 e. The van der Waals surface area contributed by atoms with Crippen LogP contribution in [0.2, 0.25) is 0 Å². The summed E-state index contributed by atoms with van der Waals surface area (Å²) in [4.78, 5) is 14.1. The molecular formula is C17H19N3O2. The van der Waals surface area contributed by atoms with Crippen LogP contribution in [-0.2, 0) is 4.79 Å². The first-order chi connectivity index (χ1) is 10.5. The number of nitrogens with zero attached hydrogens (tertiary/aromatic N) is 2. The minimum absolute atomic E-state index is 0.104. The van der Waals surface area contributed by atoms with Gasteiger partial charge in [-0.3, -0.25) is 4.79 Å². The van der Waals surface area contributed by atoms with Gasteiger partial charge in [0.25, 0.3) is 0 Å². The lowest BCUT2D eigenvalue weighted by Gasteiger charge is -2.39. The molecule has 0 radical (unpaired) electrons. The number of ether oxygens (including phenoxy) is 1. The fourth-order valence-corrected chi connectivity index (χ4v) is 3.19. The van der Waals surface area contributed by atoms with E-state index >= 15 is 0 Å². The van der Waals surface area contributed by atoms with Crippen LogP contribution < -0.4 is 10.5 Å². The van der Waals surface area contributed by atoms with E-state index in [1.165, 1.54) is 0 Å². The Hall–Kier alpha value is -2.32. The molecule has 2 aliphatic rings. The number of hydrogen-bond acceptors (Lipinski definition) is 4. The Morgan fingerprint density at radius 3 is 2.82 bits per heavy atom. The van der Waals surface area contributed by atoms with Crippen LogP contribution in [0, 0.1) is 11.3 Å². The molecule has 2 N–H and O–H groups in total. The standard InChI is InChI=1S/C17H19N3O2/c1-17(2)13(10-19)16(20-7-3-4-15(20)21)12-8-11(9-18)5-6-14(12)22-17/h5-6,8H,3-4,7,10,19H2,1-2H3. The molecule has 22 heavy (non-hydrogen) atoms. The van der Waals surface area contributed by atoms with Gasteiger partial charge in [-0.15, -0.1) is 0 Å². The first-order valence-electron chi connectivity index (χ1n) is 7.45. The summed E-state index contributed by atoms with van der Waals surface area (Å²) in [5, 5.41) is 9.16. The summed E-state index contributed by atoms with van der Waals surface area (Å²) in [5.41, 5.74) is 8.45. The number of hydrogen-bond donors (Lipinski definition) is 1. The molecule has 0 unspecified atom stereocenters. The molecule has 5 nitrogen and oxygen atoms in total. The van der Waals surface area contributed by atoms with Crippen molar-refractivity contribution in [2.45, 2.75) is 32.3 Å². The van der Waals surface area contributed by atoms with Crippen molar-refractivity contribution < 1.29 is 9.53 Å². The Bertz CT molecular complexity index is 713. The quantitative estimate of drug-likeness (QED) is 0.905. The summed E-state index contributed by atoms with van der Waals surface area (Å²) in [6.45, 7) is 4.90. The zero-order valence-electron chi connectivity index (χ0n) is 12.8. The molecule has 1 aromatic carbocycles. The number of carbonyl (C=O) groups excluding carboxylic acids is 1. The topological polar surface area (TPSA) is 79.3 Å². The molecule has 0 aliphatic carbocycles. The van der Waals surface area contributed by atoms with E-state index in [-0.39, 0.29) is 5.91 Å². The lowest BCUT2D eigenvalue weighted by atomic mass is 9.88. The van der Waals surface area contributed by atoms with E-state index in [0.717, 1.165) is 23.3 Å². The molecule has 5 heteroatoms. The molecule has 2 aliphatic heterocycles. The summed E-state index contributed by atoms with van der Waals surface area (Å²) in [5.74, 6) is 0.794. The van der Waals surface area contributed by atoms with E-state index in [1.54, 1.807) is 23.1 Å². The van der Waals surface area contributed by atoms with Crippen LogP contribution in [0.25, 0.3) is 5.70 Å². The molecule has 114 valence electrons. The molecule has 1 saturated heterocycles. The summed E-state index contributed by atoms with van der Waals surface area (Å²) >= 11 is 0. The van der Waals surface area contributed by atoms with Gasteiger partial charge < -0.3 is 15.4 Å². The second-order valence-corrected chi connectivity index (χ2v) is 6.12. The molecule has 1 aromatic rings. The predicted molar refractivity (Wildman–Crippen MR) is 82.8 cm³/mol. The maximum atomic E-state index is 12.3. The molecule has 0 spiro atoms. The van der Waals surface area contributed by atoms with Gasteiger partial charge in [-0.05, 0) is 38.5 Å². The normalized spacial score (nSPS) is 19.7. The Labute approximate surface area is 130 Å². The third kappa shape index (κ3) is 2.16. The van der Waals surface area contributed by atoms with E-state index in [2.05, 4.69) is 6.07 Å². The maximum absolute atomic E-state index is 12.3. The Morgan fingerprint density at radius 2 is 2.23 bits per heavy atom. The highest BCUT2D eigenvalue weighted by atomic mass is 16.5. The van der Waals surface area contributed by atoms with Gasteiger partial charge in [-0.2, -0.15) is 5.26 Å². The van der Waals surface area contributed by atoms with E-state index in [4.69, 9.17) is 15.7 Å². The van der Waals surface area contributed by atoms with Gasteiger partial charge in [0, 0.05) is 30.6 Å². The second kappa shape index (κ2) is 5.15. The van der Waals surface area contributed by atoms with Crippen LogP contribution in [0.15, 0.2) is 23.8 Å². The molecule has 0 bridgehead atoms. The van der Waals surface area contributed by atoms with Crippen molar-refractivity contribution in [2.75, 3.05) is 13.1 Å². The van der Waals surface area contributed by atoms with Crippen molar-refractivity contribution in [3.8, 4) is 11.8 Å². The first-order valence-corrected chi connectivity index (χ1v) is 7.45. The van der Waals surface area contributed by atoms with Crippen molar-refractivity contribution in [1.29, 1.82) is 5.26 Å². The molecule has 2 heterocycles. The minimum atomic E-state index is -0.575. The Balaban J connectivity index is 2.26. The van der Waals surface area contributed by atoms with Gasteiger partial charge in [0.2, 0.25) is 5.91 Å². The van der Waals surface area contributed by atoms with Crippen molar-refractivity contribution >= 4 is 11.6 Å². The first kappa shape index (κ1) is 14.6. The van der Waals surface area contributed by atoms with Crippen LogP contribution in [0.5, 0.6) is 5.75 Å². The highest BCUT2D eigenvalue weighted by Gasteiger charge is 2.39. The number of carbonyl (C=O) groups is 1. The monoisotopic (exact) mass is 297 g/mol. The molecular weight excluding hydrogens is 278 g/mol. The zero-order chi connectivity index (χ0) is 15.9. The van der Waals surface area contributed by atoms with E-state index in [1.807, 2.05) is 13.8 Å². The summed E-state index contributed by atoms with van der Waals surface area (Å²) < 4.78 is 6.06. The second-order valence-electron chi connectivity index (χ2n) is 6.12. The number of likely N-dealkylation sites (tertiary alicyclic amines) is 1. The van der Waals surface area contributed by atoms with Gasteiger partial charge in [-0.25, -0.2) is 0 Å². The Kier molecular flexibility index (Phi) is 3.42. The van der Waals surface area contributed by atoms with E-state index in [0.29, 0.717) is 30.8 Å². The predicted octanol–water partition coefficient (Wildman–Crippen LogP) is 2.02. The number of benzene rings is 1. The summed E-state index contributed by atoms with van der Waals surface area (Å²) in [6.07, 6.45) is 1.39. The van der Waals surface area contributed by atoms with Crippen LogP contribution in [0.3, 0.4) is 0 Å². The van der Waals surface area contributed by atoms with Gasteiger partial charge in [0.05, 0.1) is 17.3 Å². The fraction of sp³-hybridized carbons (Fsp3) is 0.412. The van der Waals surface area contributed by atoms with Crippen molar-refractivity contribution in [2.24, 2.45) is 5.73 Å². The third-order valence-electron chi connectivity index (χ3n) is 4.29. The highest BCUT2D eigenvalue weighted by molar-refractivity contribution is 5.91. The molecule has 0 saturated carbocycles. The van der Waals surface area contributed by atoms with Crippen LogP contribution in [-0.4, -0.2) is 29.5 Å². The van der Waals surface area contributed by atoms with Crippen LogP contribution in [0.1, 0.15) is 37.8 Å². The highest BCUT2D eigenvalue weighted by Crippen LogP contribution is 2.43. The van der Waals surface area contributed by atoms with E-state index < -0.39 is 5.60 Å². The lowest BCUT2D eigenvalue weighted by molar-refractivity contribution is -0.125. The SMILES string of the molecule is CC1(C)Oc2ccc(C#N)cc2C(N2CCCC2=O)=C1CN. The lowest BCUT2D eigenvalue weighted by Crippen LogP contribution is -2.41. The zero-order valence-corrected chi connectivity index (χ0v) is 12.8. The van der Waals surface area contributed by atoms with E-state index in [9.17, 15) is 4.79 Å². The fourth-order valence-electron chi connectivity index (χ4n) is 3.19. The van der Waals surface area contributed by atoms with Crippen molar-refractivity contribution in [1.82, 2.24) is 4.90 Å². The summed E-state index contributed by atoms with van der Waals surface area (Å²) in [6, 6.07) is 7.44. The van der Waals surface area contributed by atoms with Gasteiger partial charge in [0.15, 0.2) is 0 Å². The number of amides is 1. The number of fused-ring (bicyclic) bond motifs is 1. The van der Waals surface area contributed by atoms with Crippen molar-refractivity contribution in [3.63, 3.8) is 0 Å². The summed E-state index contributed by atoms with van der Waals surface area (Å²) in [7, 11) is 0. The van der Waals surface area contributed by atoms with Gasteiger partial charge in [-0.1, -0.05) is 0 Å². The number of nitriles is 1. The largest absolute Gasteiger partial charge is 0.483 e. The average Bonchev–Trinajstić information content (AvgIpc) is 2.90. The molecule has 0 atom stereocenters. The third-order valence-corrected chi connectivity index (χ3v) is 4.29. The average molecular weight is 297 g/mol.